The molecule has 0 aliphatic carbocycles. The highest BCUT2D eigenvalue weighted by Crippen LogP contribution is 2.31. The Balaban J connectivity index is 2.07. The second kappa shape index (κ2) is 7.39. The van der Waals surface area contributed by atoms with Crippen molar-refractivity contribution in [3.05, 3.63) is 42.2 Å². The van der Waals surface area contributed by atoms with Crippen molar-refractivity contribution in [1.29, 1.82) is 0 Å². The van der Waals surface area contributed by atoms with E-state index in [9.17, 15) is 13.2 Å². The topological polar surface area (TPSA) is 119 Å². The summed E-state index contributed by atoms with van der Waals surface area (Å²) >= 11 is 0. The van der Waals surface area contributed by atoms with Crippen molar-refractivity contribution in [3.8, 4) is 11.3 Å². The van der Waals surface area contributed by atoms with Crippen LogP contribution in [0.3, 0.4) is 0 Å². The Hall–Kier alpha value is -3.27. The van der Waals surface area contributed by atoms with Crippen molar-refractivity contribution in [2.24, 2.45) is 7.05 Å². The zero-order chi connectivity index (χ0) is 20.5. The average Bonchev–Trinajstić information content (AvgIpc) is 2.93. The number of anilines is 3. The van der Waals surface area contributed by atoms with E-state index in [0.717, 1.165) is 11.9 Å². The van der Waals surface area contributed by atoms with Gasteiger partial charge >= 0.3 is 0 Å². The summed E-state index contributed by atoms with van der Waals surface area (Å²) in [7, 11) is -1.61. The summed E-state index contributed by atoms with van der Waals surface area (Å²) in [5.41, 5.74) is 2.91. The summed E-state index contributed by atoms with van der Waals surface area (Å²) in [6, 6.07) is 8.24. The molecular weight excluding hydrogens is 380 g/mol. The molecule has 0 unspecified atom stereocenters. The fraction of sp³-hybridized carbons (Fsp3) is 0.222. The van der Waals surface area contributed by atoms with Crippen LogP contribution in [0, 0.1) is 6.92 Å². The number of nitrogens with one attached hydrogen (secondary N) is 2. The molecule has 0 radical (unpaired) electrons. The first-order valence-electron chi connectivity index (χ1n) is 8.36. The molecule has 0 saturated heterocycles. The number of aryl methyl sites for hydroxylation is 2. The maximum absolute atomic E-state index is 11.8. The molecule has 3 rings (SSSR count). The van der Waals surface area contributed by atoms with Gasteiger partial charge < -0.3 is 10.6 Å². The highest BCUT2D eigenvalue weighted by atomic mass is 32.2. The Morgan fingerprint density at radius 2 is 1.93 bits per heavy atom. The summed E-state index contributed by atoms with van der Waals surface area (Å²) in [4.78, 5) is 19.8. The van der Waals surface area contributed by atoms with Crippen LogP contribution in [0.25, 0.3) is 11.3 Å². The zero-order valence-corrected chi connectivity index (χ0v) is 16.7. The molecule has 0 saturated carbocycles. The molecule has 146 valence electrons. The fourth-order valence-corrected chi connectivity index (χ4v) is 3.12. The quantitative estimate of drug-likeness (QED) is 0.674. The van der Waals surface area contributed by atoms with Crippen molar-refractivity contribution in [2.45, 2.75) is 18.9 Å². The van der Waals surface area contributed by atoms with E-state index in [1.807, 2.05) is 20.0 Å². The van der Waals surface area contributed by atoms with Crippen LogP contribution < -0.4 is 10.6 Å². The monoisotopic (exact) mass is 400 g/mol. The van der Waals surface area contributed by atoms with Gasteiger partial charge in [-0.3, -0.25) is 9.48 Å². The first-order valence-corrected chi connectivity index (χ1v) is 10.3. The number of hydrogen-bond donors (Lipinski definition) is 2. The minimum Gasteiger partial charge on any atom is -0.339 e. The van der Waals surface area contributed by atoms with Gasteiger partial charge in [-0.2, -0.15) is 5.10 Å². The van der Waals surface area contributed by atoms with Crippen LogP contribution in [0.2, 0.25) is 0 Å². The van der Waals surface area contributed by atoms with Crippen molar-refractivity contribution in [3.63, 3.8) is 0 Å². The number of pyridine rings is 2. The summed E-state index contributed by atoms with van der Waals surface area (Å²) in [6.45, 7) is 3.32. The molecular formula is C18H20N6O3S. The molecule has 0 aliphatic rings. The third-order valence-electron chi connectivity index (χ3n) is 3.96. The number of carbonyl (C=O) groups is 1. The summed E-state index contributed by atoms with van der Waals surface area (Å²) in [5.74, 6) is 0.444. The number of aromatic nitrogens is 4. The van der Waals surface area contributed by atoms with E-state index in [0.29, 0.717) is 28.6 Å². The minimum atomic E-state index is -3.44. The number of amides is 1. The normalized spacial score (nSPS) is 11.3. The van der Waals surface area contributed by atoms with Gasteiger partial charge in [-0.1, -0.05) is 6.07 Å². The third-order valence-corrected chi connectivity index (χ3v) is 4.95. The summed E-state index contributed by atoms with van der Waals surface area (Å²) in [5, 5.41) is 10.2. The second-order valence-electron chi connectivity index (χ2n) is 6.35. The fourth-order valence-electron chi connectivity index (χ4n) is 2.53. The number of carbonyl (C=O) groups excluding carboxylic acids is 1. The highest BCUT2D eigenvalue weighted by molar-refractivity contribution is 7.90. The molecule has 0 bridgehead atoms. The van der Waals surface area contributed by atoms with Gasteiger partial charge in [0.1, 0.15) is 11.6 Å². The maximum atomic E-state index is 11.8. The average molecular weight is 400 g/mol. The highest BCUT2D eigenvalue weighted by Gasteiger charge is 2.14. The second-order valence-corrected chi connectivity index (χ2v) is 8.31. The van der Waals surface area contributed by atoms with Crippen LogP contribution >= 0.6 is 0 Å². The van der Waals surface area contributed by atoms with Crippen molar-refractivity contribution in [2.75, 3.05) is 16.9 Å². The van der Waals surface area contributed by atoms with Gasteiger partial charge in [-0.15, -0.1) is 0 Å². The first kappa shape index (κ1) is 19.5. The smallest absolute Gasteiger partial charge is 0.222 e. The number of nitrogens with zero attached hydrogens (tertiary/aromatic N) is 4. The van der Waals surface area contributed by atoms with Gasteiger partial charge in [0.15, 0.2) is 14.9 Å². The standard InChI is InChI=1S/C18H20N6O3S/c1-11-8-15(23-24(11)3)13-10-19-17(20-12(2)25)9-14(13)21-16-6-5-7-18(22-16)28(4,26)27/h5-10H,1-4H3,(H2,19,20,21,22,25). The number of hydrogen-bond acceptors (Lipinski definition) is 7. The van der Waals surface area contributed by atoms with E-state index >= 15 is 0 Å². The van der Waals surface area contributed by atoms with E-state index in [1.165, 1.54) is 13.0 Å². The molecule has 28 heavy (non-hydrogen) atoms. The van der Waals surface area contributed by atoms with Crippen LogP contribution in [0.15, 0.2) is 41.6 Å². The van der Waals surface area contributed by atoms with E-state index in [1.54, 1.807) is 29.1 Å². The van der Waals surface area contributed by atoms with Gasteiger partial charge in [-0.25, -0.2) is 18.4 Å². The predicted octanol–water partition coefficient (Wildman–Crippen LogP) is 2.29. The predicted molar refractivity (Wildman–Crippen MR) is 106 cm³/mol. The van der Waals surface area contributed by atoms with Crippen LogP contribution in [0.5, 0.6) is 0 Å². The molecule has 3 heterocycles. The van der Waals surface area contributed by atoms with E-state index in [-0.39, 0.29) is 10.9 Å². The minimum absolute atomic E-state index is 0.0381. The Kier molecular flexibility index (Phi) is 5.14. The van der Waals surface area contributed by atoms with Gasteiger partial charge in [0.05, 0.1) is 11.4 Å². The van der Waals surface area contributed by atoms with Crippen LogP contribution in [0.4, 0.5) is 17.3 Å². The molecule has 0 spiro atoms. The van der Waals surface area contributed by atoms with Gasteiger partial charge in [0.2, 0.25) is 5.91 Å². The maximum Gasteiger partial charge on any atom is 0.222 e. The van der Waals surface area contributed by atoms with E-state index in [2.05, 4.69) is 25.7 Å². The van der Waals surface area contributed by atoms with Gasteiger partial charge in [0, 0.05) is 43.7 Å². The van der Waals surface area contributed by atoms with Crippen LogP contribution in [0.1, 0.15) is 12.6 Å². The Labute approximate surface area is 162 Å². The summed E-state index contributed by atoms with van der Waals surface area (Å²) < 4.78 is 25.3. The third kappa shape index (κ3) is 4.34. The zero-order valence-electron chi connectivity index (χ0n) is 15.9. The van der Waals surface area contributed by atoms with Gasteiger partial charge in [0.25, 0.3) is 0 Å². The number of rotatable bonds is 5. The van der Waals surface area contributed by atoms with Crippen LogP contribution in [-0.2, 0) is 21.7 Å². The molecule has 0 atom stereocenters. The Morgan fingerprint density at radius 3 is 2.54 bits per heavy atom. The molecule has 0 fully saturated rings. The van der Waals surface area contributed by atoms with E-state index < -0.39 is 9.84 Å². The largest absolute Gasteiger partial charge is 0.339 e. The van der Waals surface area contributed by atoms with Crippen LogP contribution in [-0.4, -0.2) is 40.3 Å². The lowest BCUT2D eigenvalue weighted by Crippen LogP contribution is -2.08. The van der Waals surface area contributed by atoms with Crippen molar-refractivity contribution < 1.29 is 13.2 Å². The number of sulfone groups is 1. The Bertz CT molecular complexity index is 1130. The molecule has 9 nitrogen and oxygen atoms in total. The molecule has 3 aromatic heterocycles. The lowest BCUT2D eigenvalue weighted by atomic mass is 10.1. The lowest BCUT2D eigenvalue weighted by Gasteiger charge is -2.12. The molecule has 10 heteroatoms. The summed E-state index contributed by atoms with van der Waals surface area (Å²) in [6.07, 6.45) is 2.69. The molecule has 0 aliphatic heterocycles. The molecule has 0 aromatic carbocycles. The molecule has 3 aromatic rings. The lowest BCUT2D eigenvalue weighted by molar-refractivity contribution is -0.114. The molecule has 1 amide bonds. The van der Waals surface area contributed by atoms with Crippen molar-refractivity contribution in [1.82, 2.24) is 19.7 Å². The first-order chi connectivity index (χ1) is 13.1. The van der Waals surface area contributed by atoms with E-state index in [4.69, 9.17) is 0 Å². The van der Waals surface area contributed by atoms with Crippen molar-refractivity contribution >= 4 is 33.1 Å². The van der Waals surface area contributed by atoms with Gasteiger partial charge in [-0.05, 0) is 25.1 Å². The SMILES string of the molecule is CC(=O)Nc1cc(Nc2cccc(S(C)(=O)=O)n2)c(-c2cc(C)n(C)n2)cn1. The molecule has 2 N–H and O–H groups in total. The Morgan fingerprint density at radius 1 is 1.18 bits per heavy atom.